The summed E-state index contributed by atoms with van der Waals surface area (Å²) in [4.78, 5) is 1.89. The van der Waals surface area contributed by atoms with Gasteiger partial charge in [-0.1, -0.05) is 44.9 Å². The van der Waals surface area contributed by atoms with Crippen molar-refractivity contribution in [2.24, 2.45) is 0 Å². The van der Waals surface area contributed by atoms with E-state index in [1.54, 1.807) is 0 Å². The number of hydrogen-bond donors (Lipinski definition) is 0. The van der Waals surface area contributed by atoms with Gasteiger partial charge in [0.1, 0.15) is 0 Å². The average molecular weight is 233 g/mol. The zero-order valence-electron chi connectivity index (χ0n) is 10.9. The Bertz CT molecular complexity index is 112. The van der Waals surface area contributed by atoms with Crippen LogP contribution in [-0.2, 0) is 0 Å². The van der Waals surface area contributed by atoms with E-state index in [0.29, 0.717) is 0 Å². The minimum atomic E-state index is 0. The van der Waals surface area contributed by atoms with Gasteiger partial charge in [-0.15, -0.1) is 0 Å². The standard InChI is InChI=1S/C5H7.2C4H9.Al.Mg/c1-4-5(2)3;2*1-3-4-2;;/h1,4H,2H2,3H3;2*1,3-4H2,2H3;;/q;2*-1;;+2. The molecule has 0 heterocycles. The SMILES string of the molecule is C=C(C)C=[CH][Al].[CH2-]CCC.[CH2-]CCC.[Mg+2]. The smallest absolute Gasteiger partial charge is 0.343 e. The molecule has 0 aromatic heterocycles. The number of rotatable bonds is 3. The van der Waals surface area contributed by atoms with E-state index in [4.69, 9.17) is 0 Å². The van der Waals surface area contributed by atoms with E-state index in [2.05, 4.69) is 50.6 Å². The molecule has 0 aromatic carbocycles. The van der Waals surface area contributed by atoms with E-state index in [0.717, 1.165) is 18.4 Å². The van der Waals surface area contributed by atoms with E-state index < -0.39 is 0 Å². The molecule has 82 valence electrons. The quantitative estimate of drug-likeness (QED) is 0.390. The zero-order valence-corrected chi connectivity index (χ0v) is 13.5. The van der Waals surface area contributed by atoms with Crippen molar-refractivity contribution in [2.75, 3.05) is 0 Å². The van der Waals surface area contributed by atoms with Crippen molar-refractivity contribution in [3.63, 3.8) is 0 Å². The Hall–Kier alpha value is 0.779. The van der Waals surface area contributed by atoms with Gasteiger partial charge in [-0.05, 0) is 6.92 Å². The van der Waals surface area contributed by atoms with Crippen LogP contribution in [0.5, 0.6) is 0 Å². The second-order valence-electron chi connectivity index (χ2n) is 2.91. The van der Waals surface area contributed by atoms with Crippen LogP contribution in [0.3, 0.4) is 0 Å². The molecule has 0 nitrogen and oxygen atoms in total. The van der Waals surface area contributed by atoms with E-state index in [1.165, 1.54) is 12.8 Å². The predicted molar refractivity (Wildman–Crippen MR) is 76.0 cm³/mol. The van der Waals surface area contributed by atoms with Crippen LogP contribution in [0.25, 0.3) is 0 Å². The fourth-order valence-electron chi connectivity index (χ4n) is 0.164. The minimum Gasteiger partial charge on any atom is -0.343 e. The largest absolute Gasteiger partial charge is 2.00 e. The molecule has 0 N–H and O–H groups in total. The van der Waals surface area contributed by atoms with E-state index in [-0.39, 0.29) is 23.1 Å². The molecule has 0 rings (SSSR count). The number of unbranched alkanes of at least 4 members (excludes halogenated alkanes) is 2. The summed E-state index contributed by atoms with van der Waals surface area (Å²) in [6, 6.07) is 0. The van der Waals surface area contributed by atoms with Crippen LogP contribution < -0.4 is 0 Å². The zero-order chi connectivity index (χ0) is 11.8. The van der Waals surface area contributed by atoms with Gasteiger partial charge in [-0.3, -0.25) is 0 Å². The topological polar surface area (TPSA) is 0 Å². The summed E-state index contributed by atoms with van der Waals surface area (Å²) in [7, 11) is 0. The molecule has 0 bridgehead atoms. The maximum atomic E-state index is 3.64. The Labute approximate surface area is 122 Å². The van der Waals surface area contributed by atoms with Crippen LogP contribution in [0.15, 0.2) is 23.2 Å². The van der Waals surface area contributed by atoms with Gasteiger partial charge in [0.15, 0.2) is 16.3 Å². The molecule has 2 radical (unpaired) electrons. The summed E-state index contributed by atoms with van der Waals surface area (Å²) in [5.74, 6) is 0. The van der Waals surface area contributed by atoms with Gasteiger partial charge in [0.25, 0.3) is 0 Å². The fourth-order valence-corrected chi connectivity index (χ4v) is 0.493. The molecular weight excluding hydrogens is 207 g/mol. The summed E-state index contributed by atoms with van der Waals surface area (Å²) in [6.07, 6.45) is 6.49. The molecule has 0 aliphatic carbocycles. The van der Waals surface area contributed by atoms with Gasteiger partial charge < -0.3 is 13.8 Å². The van der Waals surface area contributed by atoms with Crippen molar-refractivity contribution in [1.82, 2.24) is 0 Å². The van der Waals surface area contributed by atoms with Gasteiger partial charge in [0.2, 0.25) is 0 Å². The fraction of sp³-hybridized carbons (Fsp3) is 0.538. The molecule has 0 saturated carbocycles. The summed E-state index contributed by atoms with van der Waals surface area (Å²) in [5.41, 5.74) is 1.09. The maximum Gasteiger partial charge on any atom is 2.00 e. The summed E-state index contributed by atoms with van der Waals surface area (Å²) >= 11 is 2.48. The molecule has 0 aliphatic heterocycles. The van der Waals surface area contributed by atoms with Gasteiger partial charge in [-0.2, -0.15) is 17.8 Å². The van der Waals surface area contributed by atoms with Crippen molar-refractivity contribution in [1.29, 1.82) is 0 Å². The molecular formula is C13H25AlMg. The van der Waals surface area contributed by atoms with E-state index in [9.17, 15) is 0 Å². The van der Waals surface area contributed by atoms with Gasteiger partial charge >= 0.3 is 23.1 Å². The van der Waals surface area contributed by atoms with E-state index >= 15 is 0 Å². The molecule has 0 fully saturated rings. The maximum absolute atomic E-state index is 3.64. The Morgan fingerprint density at radius 3 is 1.47 bits per heavy atom. The van der Waals surface area contributed by atoms with Crippen molar-refractivity contribution in [3.8, 4) is 0 Å². The Morgan fingerprint density at radius 2 is 1.47 bits per heavy atom. The normalized spacial score (nSPS) is 7.80. The van der Waals surface area contributed by atoms with Gasteiger partial charge in [-0.25, -0.2) is 0 Å². The van der Waals surface area contributed by atoms with Crippen molar-refractivity contribution >= 4 is 39.3 Å². The Kier molecular flexibility index (Phi) is 48.6. The monoisotopic (exact) mass is 232 g/mol. The molecule has 0 unspecified atom stereocenters. The van der Waals surface area contributed by atoms with Crippen molar-refractivity contribution in [2.45, 2.75) is 46.5 Å². The number of allylic oxidation sites excluding steroid dienone is 2. The third kappa shape index (κ3) is 72.3. The average Bonchev–Trinajstić information content (AvgIpc) is 2.18. The van der Waals surface area contributed by atoms with E-state index in [1.807, 2.05) is 17.9 Å². The first-order valence-corrected chi connectivity index (χ1v) is 5.89. The molecule has 0 aliphatic rings. The van der Waals surface area contributed by atoms with Gasteiger partial charge in [0.05, 0.1) is 0 Å². The molecule has 0 aromatic rings. The first-order valence-electron chi connectivity index (χ1n) is 5.22. The molecule has 15 heavy (non-hydrogen) atoms. The van der Waals surface area contributed by atoms with Crippen molar-refractivity contribution in [3.05, 3.63) is 37.0 Å². The molecule has 0 spiro atoms. The Morgan fingerprint density at radius 1 is 1.20 bits per heavy atom. The van der Waals surface area contributed by atoms with Crippen LogP contribution in [0.2, 0.25) is 0 Å². The molecule has 0 atom stereocenters. The third-order valence-electron chi connectivity index (χ3n) is 1.09. The van der Waals surface area contributed by atoms with Crippen LogP contribution in [0, 0.1) is 13.8 Å². The summed E-state index contributed by atoms with van der Waals surface area (Å²) < 4.78 is 0. The van der Waals surface area contributed by atoms with Crippen molar-refractivity contribution < 1.29 is 0 Å². The van der Waals surface area contributed by atoms with Gasteiger partial charge in [0, 0.05) is 0 Å². The second kappa shape index (κ2) is 29.3. The summed E-state index contributed by atoms with van der Waals surface area (Å²) in [5, 5.41) is 0. The summed E-state index contributed by atoms with van der Waals surface area (Å²) in [6.45, 7) is 17.0. The Balaban J connectivity index is -0.0000000606. The molecule has 2 heteroatoms. The predicted octanol–water partition coefficient (Wildman–Crippen LogP) is 4.11. The van der Waals surface area contributed by atoms with Crippen LogP contribution in [0.4, 0.5) is 0 Å². The van der Waals surface area contributed by atoms with Crippen LogP contribution >= 0.6 is 0 Å². The molecule has 0 amide bonds. The van der Waals surface area contributed by atoms with Crippen LogP contribution in [-0.4, -0.2) is 39.3 Å². The third-order valence-corrected chi connectivity index (χ3v) is 1.28. The number of hydrogen-bond acceptors (Lipinski definition) is 0. The van der Waals surface area contributed by atoms with Crippen LogP contribution in [0.1, 0.15) is 46.5 Å². The first kappa shape index (κ1) is 24.8. The first-order chi connectivity index (χ1) is 6.60. The second-order valence-corrected chi connectivity index (χ2v) is 3.30. The minimum absolute atomic E-state index is 0. The molecule has 0 saturated heterocycles.